The molecule has 0 radical (unpaired) electrons. The van der Waals surface area contributed by atoms with Crippen molar-refractivity contribution >= 4 is 12.2 Å². The number of nitrogens with one attached hydrogen (secondary N) is 1. The van der Waals surface area contributed by atoms with Crippen LogP contribution in [-0.2, 0) is 11.3 Å². The molecule has 1 aliphatic rings. The van der Waals surface area contributed by atoms with Crippen molar-refractivity contribution in [2.75, 3.05) is 47.1 Å². The first kappa shape index (κ1) is 24.6. The number of rotatable bonds is 8. The zero-order chi connectivity index (χ0) is 22.3. The van der Waals surface area contributed by atoms with Crippen LogP contribution >= 0.6 is 0 Å². The van der Waals surface area contributed by atoms with E-state index < -0.39 is 0 Å². The van der Waals surface area contributed by atoms with Gasteiger partial charge < -0.3 is 36.6 Å². The van der Waals surface area contributed by atoms with E-state index in [2.05, 4.69) is 0 Å². The number of ether oxygens (including phenoxy) is 3. The molecule has 0 unspecified atom stereocenters. The summed E-state index contributed by atoms with van der Waals surface area (Å²) < 4.78 is 18.0. The molecular weight excluding hydrogens is 444 g/mol. The van der Waals surface area contributed by atoms with Gasteiger partial charge in [0, 0.05) is 0 Å². The number of hydrogen-bond acceptors (Lipinski definition) is 6. The summed E-state index contributed by atoms with van der Waals surface area (Å²) in [6, 6.07) is 12.9. The molecule has 2 N–H and O–H groups in total. The molecule has 0 saturated carbocycles. The van der Waals surface area contributed by atoms with Gasteiger partial charge in [-0.15, -0.1) is 0 Å². The Hall–Kier alpha value is -3.07. The number of benzene rings is 2. The first-order valence-corrected chi connectivity index (χ1v) is 10.7. The van der Waals surface area contributed by atoms with Gasteiger partial charge in [0.25, 0.3) is 0 Å². The van der Waals surface area contributed by atoms with Crippen molar-refractivity contribution in [2.45, 2.75) is 6.54 Å². The highest BCUT2D eigenvalue weighted by atomic mass is 35.5. The number of nitrogens with zero attached hydrogens (tertiary/aromatic N) is 3. The van der Waals surface area contributed by atoms with Gasteiger partial charge in [-0.3, -0.25) is 0 Å². The van der Waals surface area contributed by atoms with Gasteiger partial charge in [-0.2, -0.15) is 5.10 Å². The third-order valence-corrected chi connectivity index (χ3v) is 5.54. The first-order valence-electron chi connectivity index (χ1n) is 10.7. The molecule has 4 rings (SSSR count). The number of aromatic nitrogens is 3. The van der Waals surface area contributed by atoms with Gasteiger partial charge in [0.05, 0.1) is 46.1 Å². The van der Waals surface area contributed by atoms with Crippen molar-refractivity contribution in [1.29, 1.82) is 0 Å². The minimum absolute atomic E-state index is 0. The van der Waals surface area contributed by atoms with Gasteiger partial charge in [0.2, 0.25) is 0 Å². The maximum Gasteiger partial charge on any atom is 0.174 e. The molecule has 2 heterocycles. The lowest BCUT2D eigenvalue weighted by molar-refractivity contribution is -0.908. The van der Waals surface area contributed by atoms with E-state index in [0.717, 1.165) is 38.4 Å². The van der Waals surface area contributed by atoms with E-state index in [9.17, 15) is 5.11 Å². The zero-order valence-electron chi connectivity index (χ0n) is 18.8. The van der Waals surface area contributed by atoms with Crippen LogP contribution in [-0.4, -0.2) is 66.9 Å². The van der Waals surface area contributed by atoms with E-state index in [1.807, 2.05) is 47.2 Å². The molecule has 0 aliphatic carbocycles. The van der Waals surface area contributed by atoms with Crippen molar-refractivity contribution < 1.29 is 36.6 Å². The molecule has 8 nitrogen and oxygen atoms in total. The molecule has 176 valence electrons. The van der Waals surface area contributed by atoms with Gasteiger partial charge in [-0.25, -0.2) is 9.67 Å². The van der Waals surface area contributed by atoms with Crippen LogP contribution in [0.5, 0.6) is 17.2 Å². The fraction of sp³-hybridized carbons (Fsp3) is 0.333. The quantitative estimate of drug-likeness (QED) is 0.427. The molecule has 0 amide bonds. The van der Waals surface area contributed by atoms with Crippen LogP contribution < -0.4 is 26.8 Å². The SMILES string of the molecule is COc1ccc(/C=C/c2nc(-c3ccccc3O)n(CC[NH+]3CCOCC3)n2)cc1OC.[Cl-]. The Morgan fingerprint density at radius 2 is 1.82 bits per heavy atom. The number of para-hydroxylation sites is 1. The topological polar surface area (TPSA) is 83.1 Å². The summed E-state index contributed by atoms with van der Waals surface area (Å²) >= 11 is 0. The molecule has 1 aliphatic heterocycles. The third-order valence-electron chi connectivity index (χ3n) is 5.54. The van der Waals surface area contributed by atoms with Gasteiger partial charge in [-0.1, -0.05) is 24.3 Å². The largest absolute Gasteiger partial charge is 1.00 e. The number of phenolic OH excluding ortho intramolecular Hbond substituents is 1. The summed E-state index contributed by atoms with van der Waals surface area (Å²) in [6.07, 6.45) is 3.80. The lowest BCUT2D eigenvalue weighted by atomic mass is 10.2. The second-order valence-electron chi connectivity index (χ2n) is 7.59. The normalized spacial score (nSPS) is 14.2. The van der Waals surface area contributed by atoms with E-state index in [-0.39, 0.29) is 18.2 Å². The van der Waals surface area contributed by atoms with E-state index in [1.54, 1.807) is 26.4 Å². The third kappa shape index (κ3) is 6.04. The summed E-state index contributed by atoms with van der Waals surface area (Å²) in [6.45, 7) is 5.19. The highest BCUT2D eigenvalue weighted by Gasteiger charge is 2.18. The fourth-order valence-electron chi connectivity index (χ4n) is 3.75. The number of phenols is 1. The summed E-state index contributed by atoms with van der Waals surface area (Å²) in [7, 11) is 3.23. The van der Waals surface area contributed by atoms with Gasteiger partial charge in [0.15, 0.2) is 23.1 Å². The summed E-state index contributed by atoms with van der Waals surface area (Å²) in [5, 5.41) is 15.1. The van der Waals surface area contributed by atoms with E-state index in [1.165, 1.54) is 4.90 Å². The minimum atomic E-state index is 0. The van der Waals surface area contributed by atoms with Crippen molar-refractivity contribution in [1.82, 2.24) is 14.8 Å². The van der Waals surface area contributed by atoms with Crippen LogP contribution in [0.4, 0.5) is 0 Å². The standard InChI is InChI=1S/C24H28N4O4.ClH/c1-30-21-9-7-18(17-22(21)31-2)8-10-23-25-24(19-5-3-4-6-20(19)29)28(26-23)12-11-27-13-15-32-16-14-27;/h3-10,17,29H,11-16H2,1-2H3;1H/b10-8+;. The number of quaternary nitrogens is 1. The van der Waals surface area contributed by atoms with Crippen LogP contribution in [0.1, 0.15) is 11.4 Å². The Morgan fingerprint density at radius 3 is 2.55 bits per heavy atom. The van der Waals surface area contributed by atoms with Crippen LogP contribution in [0, 0.1) is 0 Å². The minimum Gasteiger partial charge on any atom is -1.00 e. The van der Waals surface area contributed by atoms with Crippen molar-refractivity contribution in [3.8, 4) is 28.6 Å². The highest BCUT2D eigenvalue weighted by molar-refractivity contribution is 5.70. The van der Waals surface area contributed by atoms with Crippen LogP contribution in [0.25, 0.3) is 23.5 Å². The maximum absolute atomic E-state index is 10.4. The number of methoxy groups -OCH3 is 2. The monoisotopic (exact) mass is 472 g/mol. The van der Waals surface area contributed by atoms with Crippen molar-refractivity contribution in [3.05, 3.63) is 53.9 Å². The lowest BCUT2D eigenvalue weighted by Crippen LogP contribution is -3.14. The molecule has 9 heteroatoms. The second-order valence-corrected chi connectivity index (χ2v) is 7.59. The maximum atomic E-state index is 10.4. The van der Waals surface area contributed by atoms with Crippen LogP contribution in [0.15, 0.2) is 42.5 Å². The molecule has 0 bridgehead atoms. The predicted molar refractivity (Wildman–Crippen MR) is 122 cm³/mol. The molecule has 0 atom stereocenters. The van der Waals surface area contributed by atoms with E-state index in [0.29, 0.717) is 35.3 Å². The Balaban J connectivity index is 0.00000306. The van der Waals surface area contributed by atoms with Gasteiger partial charge in [0.1, 0.15) is 18.8 Å². The number of aromatic hydroxyl groups is 1. The van der Waals surface area contributed by atoms with Gasteiger partial charge >= 0.3 is 0 Å². The first-order chi connectivity index (χ1) is 15.7. The van der Waals surface area contributed by atoms with E-state index in [4.69, 9.17) is 24.3 Å². The Kier molecular flexibility index (Phi) is 8.71. The number of hydrogen-bond donors (Lipinski definition) is 2. The fourth-order valence-corrected chi connectivity index (χ4v) is 3.75. The average molecular weight is 473 g/mol. The average Bonchev–Trinajstić information content (AvgIpc) is 3.25. The smallest absolute Gasteiger partial charge is 0.174 e. The van der Waals surface area contributed by atoms with Gasteiger partial charge in [-0.05, 0) is 35.9 Å². The summed E-state index contributed by atoms with van der Waals surface area (Å²) in [4.78, 5) is 6.20. The molecular formula is C24H29ClN4O4. The Bertz CT molecular complexity index is 1080. The molecule has 1 aromatic heterocycles. The molecule has 0 spiro atoms. The molecule has 1 saturated heterocycles. The lowest BCUT2D eigenvalue weighted by Gasteiger charge is -2.23. The van der Waals surface area contributed by atoms with E-state index >= 15 is 0 Å². The van der Waals surface area contributed by atoms with Crippen LogP contribution in [0.2, 0.25) is 0 Å². The Morgan fingerprint density at radius 1 is 1.06 bits per heavy atom. The Labute approximate surface area is 199 Å². The highest BCUT2D eigenvalue weighted by Crippen LogP contribution is 2.29. The number of halogens is 1. The molecule has 33 heavy (non-hydrogen) atoms. The second kappa shape index (κ2) is 11.7. The predicted octanol–water partition coefficient (Wildman–Crippen LogP) is -1.24. The van der Waals surface area contributed by atoms with Crippen molar-refractivity contribution in [3.63, 3.8) is 0 Å². The van der Waals surface area contributed by atoms with Crippen molar-refractivity contribution in [2.24, 2.45) is 0 Å². The summed E-state index contributed by atoms with van der Waals surface area (Å²) in [5.41, 5.74) is 1.61. The molecule has 3 aromatic rings. The zero-order valence-corrected chi connectivity index (χ0v) is 19.6. The molecule has 1 fully saturated rings. The van der Waals surface area contributed by atoms with Crippen LogP contribution in [0.3, 0.4) is 0 Å². The molecule has 2 aromatic carbocycles. The number of morpholine rings is 1. The summed E-state index contributed by atoms with van der Waals surface area (Å²) in [5.74, 6) is 2.77.